The van der Waals surface area contributed by atoms with Crippen molar-refractivity contribution in [2.45, 2.75) is 0 Å². The van der Waals surface area contributed by atoms with Crippen LogP contribution < -0.4 is 0 Å². The van der Waals surface area contributed by atoms with Crippen molar-refractivity contribution in [3.8, 4) is 5.75 Å². The Hall–Kier alpha value is -0.610. The average molecular weight is 253 g/mol. The van der Waals surface area contributed by atoms with Gasteiger partial charge in [-0.2, -0.15) is 0 Å². The van der Waals surface area contributed by atoms with E-state index in [1.165, 1.54) is 0 Å². The van der Waals surface area contributed by atoms with Crippen LogP contribution >= 0.6 is 27.5 Å². The van der Waals surface area contributed by atoms with E-state index in [1.807, 2.05) is 0 Å². The van der Waals surface area contributed by atoms with Crippen LogP contribution in [0.15, 0.2) is 16.6 Å². The van der Waals surface area contributed by atoms with Gasteiger partial charge in [-0.05, 0) is 39.7 Å². The van der Waals surface area contributed by atoms with Crippen molar-refractivity contribution < 1.29 is 14.3 Å². The molecule has 0 radical (unpaired) electrons. The molecule has 1 rings (SSSR count). The number of phenols is 1. The number of phenolic OH excluding ortho intramolecular Hbond substituents is 1. The molecule has 0 aliphatic rings. The van der Waals surface area contributed by atoms with Crippen LogP contribution in [0.3, 0.4) is 0 Å². The van der Waals surface area contributed by atoms with E-state index in [0.717, 1.165) is 12.1 Å². The van der Waals surface area contributed by atoms with Gasteiger partial charge in [0.25, 0.3) is 5.24 Å². The highest BCUT2D eigenvalue weighted by molar-refractivity contribution is 9.10. The highest BCUT2D eigenvalue weighted by Crippen LogP contribution is 2.31. The zero-order valence-electron chi connectivity index (χ0n) is 5.64. The molecule has 0 saturated heterocycles. The van der Waals surface area contributed by atoms with E-state index in [4.69, 9.17) is 16.7 Å². The number of benzene rings is 1. The number of rotatable bonds is 1. The number of carbonyl (C=O) groups excluding carboxylic acids is 1. The lowest BCUT2D eigenvalue weighted by Gasteiger charge is -2.01. The molecular formula is C7H3BrClFO2. The fourth-order valence-corrected chi connectivity index (χ4v) is 1.20. The van der Waals surface area contributed by atoms with Gasteiger partial charge in [0.15, 0.2) is 0 Å². The molecule has 0 unspecified atom stereocenters. The summed E-state index contributed by atoms with van der Waals surface area (Å²) in [6.07, 6.45) is 0. The first-order chi connectivity index (χ1) is 5.54. The van der Waals surface area contributed by atoms with Crippen LogP contribution in [0.1, 0.15) is 10.4 Å². The fraction of sp³-hybridized carbons (Fsp3) is 0. The van der Waals surface area contributed by atoms with Gasteiger partial charge in [-0.15, -0.1) is 0 Å². The molecule has 0 aromatic heterocycles. The second kappa shape index (κ2) is 3.41. The first-order valence-corrected chi connectivity index (χ1v) is 4.08. The molecule has 2 nitrogen and oxygen atoms in total. The fourth-order valence-electron chi connectivity index (χ4n) is 0.699. The van der Waals surface area contributed by atoms with Gasteiger partial charge in [0.2, 0.25) is 0 Å². The van der Waals surface area contributed by atoms with Crippen LogP contribution in [0.4, 0.5) is 4.39 Å². The van der Waals surface area contributed by atoms with Gasteiger partial charge in [-0.3, -0.25) is 4.79 Å². The van der Waals surface area contributed by atoms with E-state index in [1.54, 1.807) is 0 Å². The first-order valence-electron chi connectivity index (χ1n) is 2.91. The lowest BCUT2D eigenvalue weighted by molar-refractivity contribution is 0.107. The van der Waals surface area contributed by atoms with Crippen LogP contribution in [-0.4, -0.2) is 10.3 Å². The molecule has 64 valence electrons. The predicted molar refractivity (Wildman–Crippen MR) is 45.9 cm³/mol. The first kappa shape index (κ1) is 9.48. The summed E-state index contributed by atoms with van der Waals surface area (Å²) in [5.41, 5.74) is -0.120. The van der Waals surface area contributed by atoms with Gasteiger partial charge in [0, 0.05) is 0 Å². The van der Waals surface area contributed by atoms with Crippen LogP contribution in [0.25, 0.3) is 0 Å². The molecule has 12 heavy (non-hydrogen) atoms. The van der Waals surface area contributed by atoms with Crippen molar-refractivity contribution in [3.05, 3.63) is 28.0 Å². The Balaban J connectivity index is 3.36. The van der Waals surface area contributed by atoms with Crippen molar-refractivity contribution in [3.63, 3.8) is 0 Å². The topological polar surface area (TPSA) is 37.3 Å². The minimum absolute atomic E-state index is 0.120. The van der Waals surface area contributed by atoms with Gasteiger partial charge in [0.05, 0.1) is 10.0 Å². The molecule has 1 aromatic carbocycles. The van der Waals surface area contributed by atoms with E-state index >= 15 is 0 Å². The molecular weight excluding hydrogens is 250 g/mol. The normalized spacial score (nSPS) is 9.92. The van der Waals surface area contributed by atoms with Gasteiger partial charge >= 0.3 is 0 Å². The van der Waals surface area contributed by atoms with E-state index in [-0.39, 0.29) is 10.0 Å². The van der Waals surface area contributed by atoms with Gasteiger partial charge in [0.1, 0.15) is 11.6 Å². The largest absolute Gasteiger partial charge is 0.506 e. The highest BCUT2D eigenvalue weighted by atomic mass is 79.9. The summed E-state index contributed by atoms with van der Waals surface area (Å²) in [4.78, 5) is 10.6. The van der Waals surface area contributed by atoms with Gasteiger partial charge in [-0.1, -0.05) is 0 Å². The summed E-state index contributed by atoms with van der Waals surface area (Å²) in [5, 5.41) is 8.33. The molecule has 1 aromatic rings. The molecule has 0 saturated carbocycles. The van der Waals surface area contributed by atoms with Crippen molar-refractivity contribution in [1.29, 1.82) is 0 Å². The maximum Gasteiger partial charge on any atom is 0.256 e. The lowest BCUT2D eigenvalue weighted by atomic mass is 10.2. The third kappa shape index (κ3) is 1.59. The van der Waals surface area contributed by atoms with E-state index in [0.29, 0.717) is 0 Å². The summed E-state index contributed by atoms with van der Waals surface area (Å²) >= 11 is 7.85. The van der Waals surface area contributed by atoms with Crippen LogP contribution in [0.2, 0.25) is 0 Å². The summed E-state index contributed by atoms with van der Waals surface area (Å²) in [5.74, 6) is -1.12. The lowest BCUT2D eigenvalue weighted by Crippen LogP contribution is -1.91. The molecule has 0 amide bonds. The number of carbonyl (C=O) groups is 1. The molecule has 0 heterocycles. The van der Waals surface area contributed by atoms with Crippen molar-refractivity contribution in [2.24, 2.45) is 0 Å². The Bertz CT molecular complexity index is 340. The summed E-state index contributed by atoms with van der Waals surface area (Å²) in [6, 6.07) is 2.16. The molecule has 5 heteroatoms. The maximum absolute atomic E-state index is 12.7. The quantitative estimate of drug-likeness (QED) is 0.781. The number of hydrogen-bond donors (Lipinski definition) is 1. The van der Waals surface area contributed by atoms with Crippen molar-refractivity contribution >= 4 is 32.8 Å². The predicted octanol–water partition coefficient (Wildman–Crippen LogP) is 2.67. The second-order valence-corrected chi connectivity index (χ2v) is 3.17. The SMILES string of the molecule is O=C(Cl)c1ccc(F)c(Br)c1O. The van der Waals surface area contributed by atoms with Crippen LogP contribution in [0.5, 0.6) is 5.75 Å². The number of hydrogen-bond acceptors (Lipinski definition) is 2. The molecule has 0 spiro atoms. The molecule has 0 fully saturated rings. The molecule has 0 aliphatic heterocycles. The highest BCUT2D eigenvalue weighted by Gasteiger charge is 2.13. The Morgan fingerprint density at radius 2 is 2.17 bits per heavy atom. The van der Waals surface area contributed by atoms with Crippen molar-refractivity contribution in [2.75, 3.05) is 0 Å². The Kier molecular flexibility index (Phi) is 2.69. The monoisotopic (exact) mass is 252 g/mol. The number of halogens is 3. The van der Waals surface area contributed by atoms with E-state index in [2.05, 4.69) is 15.9 Å². The standard InChI is InChI=1S/C7H3BrClFO2/c8-5-4(10)2-1-3(6(5)11)7(9)12/h1-2,11H. The summed E-state index contributed by atoms with van der Waals surface area (Å²) in [7, 11) is 0. The van der Waals surface area contributed by atoms with E-state index in [9.17, 15) is 9.18 Å². The summed E-state index contributed by atoms with van der Waals surface area (Å²) < 4.78 is 12.5. The van der Waals surface area contributed by atoms with Crippen LogP contribution in [0, 0.1) is 5.82 Å². The van der Waals surface area contributed by atoms with Gasteiger partial charge in [-0.25, -0.2) is 4.39 Å². The Labute approximate surface area is 81.1 Å². The molecule has 0 bridgehead atoms. The van der Waals surface area contributed by atoms with E-state index < -0.39 is 16.8 Å². The van der Waals surface area contributed by atoms with Crippen molar-refractivity contribution in [1.82, 2.24) is 0 Å². The summed E-state index contributed by atoms with van der Waals surface area (Å²) in [6.45, 7) is 0. The average Bonchev–Trinajstić information content (AvgIpc) is 2.00. The molecule has 0 aliphatic carbocycles. The zero-order chi connectivity index (χ0) is 9.30. The second-order valence-electron chi connectivity index (χ2n) is 2.03. The molecule has 0 atom stereocenters. The Morgan fingerprint density at radius 1 is 1.58 bits per heavy atom. The molecule has 1 N–H and O–H groups in total. The number of aromatic hydroxyl groups is 1. The minimum atomic E-state index is -0.826. The minimum Gasteiger partial charge on any atom is -0.506 e. The zero-order valence-corrected chi connectivity index (χ0v) is 7.99. The van der Waals surface area contributed by atoms with Crippen LogP contribution in [-0.2, 0) is 0 Å². The smallest absolute Gasteiger partial charge is 0.256 e. The van der Waals surface area contributed by atoms with Gasteiger partial charge < -0.3 is 5.11 Å². The third-order valence-electron chi connectivity index (χ3n) is 1.28. The maximum atomic E-state index is 12.7. The Morgan fingerprint density at radius 3 is 2.67 bits per heavy atom. The third-order valence-corrected chi connectivity index (χ3v) is 2.24.